The van der Waals surface area contributed by atoms with Crippen LogP contribution in [0.1, 0.15) is 25.8 Å². The zero-order valence-corrected chi connectivity index (χ0v) is 22.2. The van der Waals surface area contributed by atoms with Gasteiger partial charge in [-0.25, -0.2) is 0 Å². The molecule has 5 nitrogen and oxygen atoms in total. The molecule has 0 amide bonds. The summed E-state index contributed by atoms with van der Waals surface area (Å²) in [6, 6.07) is 14.2. The van der Waals surface area contributed by atoms with Gasteiger partial charge >= 0.3 is 18.5 Å². The predicted molar refractivity (Wildman–Crippen MR) is 136 cm³/mol. The van der Waals surface area contributed by atoms with E-state index in [0.717, 1.165) is 11.1 Å². The fourth-order valence-corrected chi connectivity index (χ4v) is 3.65. The molecule has 0 atom stereocenters. The van der Waals surface area contributed by atoms with Crippen molar-refractivity contribution in [3.63, 3.8) is 0 Å². The zero-order valence-electron chi connectivity index (χ0n) is 22.2. The van der Waals surface area contributed by atoms with Crippen LogP contribution in [0.15, 0.2) is 78.1 Å². The Hall–Kier alpha value is -4.10. The van der Waals surface area contributed by atoms with E-state index in [1.165, 1.54) is 43.0 Å². The Bertz CT molecular complexity index is 1280. The smallest absolute Gasteiger partial charge is 0.377 e. The Morgan fingerprint density at radius 1 is 0.667 bits per heavy atom. The quantitative estimate of drug-likeness (QED) is 0.110. The first-order valence-electron chi connectivity index (χ1n) is 12.3. The number of allylic oxidation sites excluding steroid dienone is 2. The number of rotatable bonds is 12. The molecular weight excluding hydrogens is 583 g/mol. The molecule has 0 saturated heterocycles. The molecule has 0 aliphatic carbocycles. The number of carbonyl (C=O) groups is 3. The van der Waals surface area contributed by atoms with Gasteiger partial charge in [0.15, 0.2) is 0 Å². The molecule has 0 aliphatic heterocycles. The van der Waals surface area contributed by atoms with E-state index in [9.17, 15) is 53.9 Å². The van der Waals surface area contributed by atoms with Gasteiger partial charge in [0, 0.05) is 42.4 Å². The minimum absolute atomic E-state index is 0.0479. The van der Waals surface area contributed by atoms with Gasteiger partial charge in [-0.3, -0.25) is 14.4 Å². The molecule has 2 aromatic rings. The number of likely N-dealkylation sites (N-methyl/N-ethyl adjacent to an activating group) is 1. The van der Waals surface area contributed by atoms with Crippen LogP contribution in [0.3, 0.4) is 0 Å². The van der Waals surface area contributed by atoms with Crippen LogP contribution in [0.4, 0.5) is 50.9 Å². The number of ketones is 3. The summed E-state index contributed by atoms with van der Waals surface area (Å²) in [4.78, 5) is 37.3. The summed E-state index contributed by atoms with van der Waals surface area (Å²) in [5.41, 5.74) is -1.25. The third-order valence-corrected chi connectivity index (χ3v) is 5.87. The number of anilines is 2. The van der Waals surface area contributed by atoms with Crippen molar-refractivity contribution in [3.05, 3.63) is 83.7 Å². The maximum absolute atomic E-state index is 13.1. The predicted octanol–water partition coefficient (Wildman–Crippen LogP) is 7.26. The molecule has 0 spiro atoms. The van der Waals surface area contributed by atoms with E-state index in [4.69, 9.17) is 0 Å². The summed E-state index contributed by atoms with van der Waals surface area (Å²) in [5.74, 6) is -7.84. The van der Waals surface area contributed by atoms with Crippen LogP contribution in [-0.4, -0.2) is 53.9 Å². The molecule has 0 bridgehead atoms. The van der Waals surface area contributed by atoms with E-state index < -0.39 is 47.0 Å². The largest absolute Gasteiger partial charge is 0.455 e. The van der Waals surface area contributed by atoms with Gasteiger partial charge in [-0.1, -0.05) is 37.3 Å². The Balaban J connectivity index is 2.36. The number of carbonyl (C=O) groups excluding carboxylic acids is 3. The first kappa shape index (κ1) is 34.1. The number of para-hydroxylation sites is 1. The second kappa shape index (κ2) is 13.7. The summed E-state index contributed by atoms with van der Waals surface area (Å²) in [5, 5.41) is 0. The van der Waals surface area contributed by atoms with Crippen LogP contribution >= 0.6 is 0 Å². The summed E-state index contributed by atoms with van der Waals surface area (Å²) >= 11 is 0. The molecule has 42 heavy (non-hydrogen) atoms. The summed E-state index contributed by atoms with van der Waals surface area (Å²) < 4.78 is 117. The van der Waals surface area contributed by atoms with Gasteiger partial charge in [-0.2, -0.15) is 39.5 Å². The van der Waals surface area contributed by atoms with Crippen molar-refractivity contribution >= 4 is 28.7 Å². The lowest BCUT2D eigenvalue weighted by atomic mass is 10.1. The average Bonchev–Trinajstić information content (AvgIpc) is 2.92. The molecule has 2 rings (SSSR count). The molecule has 2 aromatic carbocycles. The highest BCUT2D eigenvalue weighted by atomic mass is 19.4. The van der Waals surface area contributed by atoms with Crippen molar-refractivity contribution in [1.82, 2.24) is 4.90 Å². The Morgan fingerprint density at radius 2 is 1.14 bits per heavy atom. The van der Waals surface area contributed by atoms with Crippen LogP contribution in [0.2, 0.25) is 0 Å². The number of alkyl halides is 9. The lowest BCUT2D eigenvalue weighted by molar-refractivity contribution is -0.175. The van der Waals surface area contributed by atoms with Gasteiger partial charge < -0.3 is 9.80 Å². The van der Waals surface area contributed by atoms with Crippen LogP contribution in [0.25, 0.3) is 0 Å². The third-order valence-electron chi connectivity index (χ3n) is 5.87. The maximum Gasteiger partial charge on any atom is 0.455 e. The second-order valence-corrected chi connectivity index (χ2v) is 8.78. The van der Waals surface area contributed by atoms with E-state index in [1.807, 2.05) is 0 Å². The van der Waals surface area contributed by atoms with Crippen molar-refractivity contribution in [1.29, 1.82) is 0 Å². The van der Waals surface area contributed by atoms with Gasteiger partial charge in [-0.15, -0.1) is 0 Å². The number of nitrogens with zero attached hydrogens (tertiary/aromatic N) is 2. The topological polar surface area (TPSA) is 57.7 Å². The van der Waals surface area contributed by atoms with Crippen LogP contribution in [0.5, 0.6) is 0 Å². The lowest BCUT2D eigenvalue weighted by Crippen LogP contribution is -2.36. The number of halogens is 9. The van der Waals surface area contributed by atoms with Crippen molar-refractivity contribution in [2.75, 3.05) is 18.0 Å². The van der Waals surface area contributed by atoms with Gasteiger partial charge in [-0.05, 0) is 49.6 Å². The fourth-order valence-electron chi connectivity index (χ4n) is 3.65. The first-order chi connectivity index (χ1) is 19.4. The SMILES string of the molecule is CC/C(=C/N(c1ccccc1)c1ccc(CCN(C=C(C(=O)C(F)(F)F)C(=O)C(F)(F)F)CC)cc1)C(=O)C(F)(F)F. The van der Waals surface area contributed by atoms with Crippen LogP contribution < -0.4 is 4.90 Å². The number of Topliss-reactive ketones (excluding diaryl/α,β-unsaturated/α-hetero) is 3. The van der Waals surface area contributed by atoms with E-state index >= 15 is 0 Å². The van der Waals surface area contributed by atoms with Crippen LogP contribution in [-0.2, 0) is 20.8 Å². The molecule has 0 fully saturated rings. The summed E-state index contributed by atoms with van der Waals surface area (Å²) in [6.45, 7) is 2.46. The molecule has 0 unspecified atom stereocenters. The van der Waals surface area contributed by atoms with Gasteiger partial charge in [0.05, 0.1) is 5.57 Å². The molecule has 0 saturated carbocycles. The molecule has 0 aliphatic rings. The van der Waals surface area contributed by atoms with Gasteiger partial charge in [0.2, 0.25) is 0 Å². The minimum Gasteiger partial charge on any atom is -0.377 e. The molecule has 0 aromatic heterocycles. The van der Waals surface area contributed by atoms with Crippen molar-refractivity contribution in [3.8, 4) is 0 Å². The Labute approximate surface area is 234 Å². The van der Waals surface area contributed by atoms with E-state index in [-0.39, 0.29) is 32.1 Å². The third kappa shape index (κ3) is 9.21. The van der Waals surface area contributed by atoms with Gasteiger partial charge in [0.1, 0.15) is 0 Å². The zero-order chi connectivity index (χ0) is 31.9. The highest BCUT2D eigenvalue weighted by Crippen LogP contribution is 2.30. The molecule has 228 valence electrons. The summed E-state index contributed by atoms with van der Waals surface area (Å²) in [7, 11) is 0. The average molecular weight is 609 g/mol. The van der Waals surface area contributed by atoms with Crippen molar-refractivity contribution < 1.29 is 53.9 Å². The normalized spacial score (nSPS) is 12.5. The molecule has 14 heteroatoms. The number of hydrogen-bond acceptors (Lipinski definition) is 5. The number of benzene rings is 2. The molecule has 0 radical (unpaired) electrons. The van der Waals surface area contributed by atoms with Crippen molar-refractivity contribution in [2.45, 2.75) is 45.2 Å². The highest BCUT2D eigenvalue weighted by Gasteiger charge is 2.50. The fraction of sp³-hybridized carbons (Fsp3) is 0.321. The monoisotopic (exact) mass is 608 g/mol. The van der Waals surface area contributed by atoms with Gasteiger partial charge in [0.25, 0.3) is 17.3 Å². The van der Waals surface area contributed by atoms with E-state index in [1.54, 1.807) is 30.3 Å². The maximum atomic E-state index is 13.1. The van der Waals surface area contributed by atoms with E-state index in [0.29, 0.717) is 16.9 Å². The molecule has 0 heterocycles. The first-order valence-corrected chi connectivity index (χ1v) is 12.3. The highest BCUT2D eigenvalue weighted by molar-refractivity contribution is 6.23. The van der Waals surface area contributed by atoms with Crippen LogP contribution in [0, 0.1) is 0 Å². The standard InChI is InChI=1S/C28H25F9N2O3/c1-3-19(23(40)26(29,30)31)16-39(20-8-6-5-7-9-20)21-12-10-18(11-13-21)14-15-38(4-2)17-22(24(41)27(32,33)34)25(42)28(35,36)37/h5-13,16-17H,3-4,14-15H2,1-2H3/b19-16-. The molecular formula is C28H25F9N2O3. The lowest BCUT2D eigenvalue weighted by Gasteiger charge is -2.23. The second-order valence-electron chi connectivity index (χ2n) is 8.78. The minimum atomic E-state index is -5.70. The Morgan fingerprint density at radius 3 is 1.57 bits per heavy atom. The van der Waals surface area contributed by atoms with Crippen molar-refractivity contribution in [2.24, 2.45) is 0 Å². The van der Waals surface area contributed by atoms with E-state index in [2.05, 4.69) is 0 Å². The Kier molecular flexibility index (Phi) is 11.1. The number of hydrogen-bond donors (Lipinski definition) is 0. The summed E-state index contributed by atoms with van der Waals surface area (Å²) in [6.07, 6.45) is -15.3. The molecule has 0 N–H and O–H groups in total.